The van der Waals surface area contributed by atoms with Gasteiger partial charge >= 0.3 is 11.9 Å². The molecule has 1 amide bonds. The molecule has 42 heavy (non-hydrogen) atoms. The second kappa shape index (κ2) is 13.9. The molecule has 9 nitrogen and oxygen atoms in total. The molecule has 1 aliphatic rings. The van der Waals surface area contributed by atoms with Gasteiger partial charge < -0.3 is 24.3 Å². The van der Waals surface area contributed by atoms with Gasteiger partial charge in [-0.3, -0.25) is 9.59 Å². The summed E-state index contributed by atoms with van der Waals surface area (Å²) in [4.78, 5) is 42.4. The fourth-order valence-corrected chi connectivity index (χ4v) is 4.99. The Bertz CT molecular complexity index is 1390. The minimum Gasteiger partial charge on any atom is -0.493 e. The van der Waals surface area contributed by atoms with Crippen LogP contribution >= 0.6 is 0 Å². The van der Waals surface area contributed by atoms with Crippen molar-refractivity contribution in [1.82, 2.24) is 10.3 Å². The lowest BCUT2D eigenvalue weighted by molar-refractivity contribution is -0.154. The van der Waals surface area contributed by atoms with Gasteiger partial charge in [0.2, 0.25) is 5.75 Å². The van der Waals surface area contributed by atoms with Crippen molar-refractivity contribution in [2.75, 3.05) is 7.11 Å². The monoisotopic (exact) mass is 578 g/mol. The van der Waals surface area contributed by atoms with Gasteiger partial charge in [0.1, 0.15) is 29.8 Å². The number of esters is 2. The molecule has 1 aliphatic heterocycles. The highest BCUT2D eigenvalue weighted by Crippen LogP contribution is 2.31. The number of methoxy groups -OCH3 is 1. The number of hydrogen-bond acceptors (Lipinski definition) is 8. The lowest BCUT2D eigenvalue weighted by Crippen LogP contribution is -2.44. The van der Waals surface area contributed by atoms with E-state index in [-0.39, 0.29) is 41.5 Å². The maximum absolute atomic E-state index is 13.6. The molecule has 0 aliphatic carbocycles. The highest BCUT2D eigenvalue weighted by Gasteiger charge is 2.36. The van der Waals surface area contributed by atoms with Crippen LogP contribution in [0.3, 0.4) is 0 Å². The number of benzene rings is 2. The number of amides is 1. The van der Waals surface area contributed by atoms with Crippen LogP contribution in [-0.2, 0) is 20.7 Å². The summed E-state index contributed by atoms with van der Waals surface area (Å²) in [5, 5.41) is 2.70. The number of nitrogens with one attached hydrogen (secondary N) is 1. The van der Waals surface area contributed by atoms with Crippen LogP contribution in [0.5, 0.6) is 17.2 Å². The van der Waals surface area contributed by atoms with Gasteiger partial charge in [0.15, 0.2) is 11.4 Å². The fraction of sp³-hybridized carbons (Fsp3) is 0.375. The van der Waals surface area contributed by atoms with Crippen LogP contribution in [0, 0.1) is 18.7 Å². The first-order valence-electron chi connectivity index (χ1n) is 13.8. The molecule has 0 radical (unpaired) electrons. The normalized spacial score (nSPS) is 20.7. The average Bonchev–Trinajstić information content (AvgIpc) is 3.00. The number of ether oxygens (including phenoxy) is 4. The molecule has 0 spiro atoms. The Balaban J connectivity index is 1.57. The molecule has 1 aromatic heterocycles. The van der Waals surface area contributed by atoms with Crippen LogP contribution in [0.15, 0.2) is 60.8 Å². The first-order valence-corrected chi connectivity index (χ1v) is 13.8. The molecule has 4 unspecified atom stereocenters. The lowest BCUT2D eigenvalue weighted by atomic mass is 9.87. The van der Waals surface area contributed by atoms with E-state index in [0.717, 1.165) is 11.1 Å². The molecule has 4 atom stereocenters. The predicted molar refractivity (Wildman–Crippen MR) is 152 cm³/mol. The van der Waals surface area contributed by atoms with Crippen LogP contribution in [0.25, 0.3) is 0 Å². The summed E-state index contributed by atoms with van der Waals surface area (Å²) < 4.78 is 36.4. The molecule has 222 valence electrons. The largest absolute Gasteiger partial charge is 0.493 e. The maximum Gasteiger partial charge on any atom is 0.328 e. The second-order valence-electron chi connectivity index (χ2n) is 10.3. The van der Waals surface area contributed by atoms with Crippen molar-refractivity contribution in [3.8, 4) is 17.2 Å². The topological polar surface area (TPSA) is 113 Å². The molecule has 1 N–H and O–H groups in total. The number of pyridine rings is 1. The van der Waals surface area contributed by atoms with E-state index in [9.17, 15) is 18.8 Å². The van der Waals surface area contributed by atoms with Crippen LogP contribution in [-0.4, -0.2) is 48.2 Å². The summed E-state index contributed by atoms with van der Waals surface area (Å²) in [7, 11) is 1.37. The van der Waals surface area contributed by atoms with Gasteiger partial charge in [0.25, 0.3) is 5.91 Å². The van der Waals surface area contributed by atoms with Gasteiger partial charge in [0, 0.05) is 25.1 Å². The number of rotatable bonds is 8. The molecule has 1 saturated heterocycles. The third kappa shape index (κ3) is 7.84. The van der Waals surface area contributed by atoms with Gasteiger partial charge in [-0.25, -0.2) is 14.2 Å². The fourth-order valence-electron chi connectivity index (χ4n) is 4.99. The van der Waals surface area contributed by atoms with Gasteiger partial charge in [-0.05, 0) is 69.4 Å². The Hall–Kier alpha value is -4.47. The summed E-state index contributed by atoms with van der Waals surface area (Å²) >= 11 is 0. The van der Waals surface area contributed by atoms with Gasteiger partial charge in [-0.15, -0.1) is 0 Å². The minimum atomic E-state index is -0.984. The van der Waals surface area contributed by atoms with E-state index in [1.54, 1.807) is 19.1 Å². The summed E-state index contributed by atoms with van der Waals surface area (Å²) in [6.45, 7) is 4.99. The van der Waals surface area contributed by atoms with E-state index in [4.69, 9.17) is 18.9 Å². The quantitative estimate of drug-likeness (QED) is 0.373. The van der Waals surface area contributed by atoms with Gasteiger partial charge in [-0.2, -0.15) is 0 Å². The molecular formula is C32H35FN2O7. The van der Waals surface area contributed by atoms with Crippen LogP contribution in [0.4, 0.5) is 4.39 Å². The zero-order chi connectivity index (χ0) is 30.2. The summed E-state index contributed by atoms with van der Waals surface area (Å²) in [5.41, 5.74) is 1.79. The Kier molecular flexibility index (Phi) is 10.1. The number of hydrogen-bond donors (Lipinski definition) is 1. The second-order valence-corrected chi connectivity index (χ2v) is 10.3. The van der Waals surface area contributed by atoms with E-state index >= 15 is 0 Å². The number of cyclic esters (lactones) is 1. The van der Waals surface area contributed by atoms with E-state index < -0.39 is 30.0 Å². The van der Waals surface area contributed by atoms with E-state index in [0.29, 0.717) is 25.0 Å². The molecule has 1 fully saturated rings. The van der Waals surface area contributed by atoms with E-state index in [2.05, 4.69) is 10.3 Å². The summed E-state index contributed by atoms with van der Waals surface area (Å²) in [6.07, 6.45) is 2.29. The standard InChI is InChI=1S/C32H35FN2O7/c1-19-8-14-24(15-9-19)42-27-7-5-6-26(32(38)40-20(2)25(27)18-22-10-12-23(33)13-11-22)35-31(37)29-30(41-21(3)36)28(39-4)16-17-34-29/h8-17,20,25-27H,5-7,18H2,1-4H3,(H,35,37). The summed E-state index contributed by atoms with van der Waals surface area (Å²) in [6, 6.07) is 14.4. The molecule has 2 aromatic carbocycles. The van der Waals surface area contributed by atoms with E-state index in [1.807, 2.05) is 31.2 Å². The molecule has 2 heterocycles. The number of nitrogens with zero attached hydrogens (tertiary/aromatic N) is 1. The molecular weight excluding hydrogens is 543 g/mol. The van der Waals surface area contributed by atoms with Crippen molar-refractivity contribution in [3.05, 3.63) is 83.4 Å². The minimum absolute atomic E-state index is 0.138. The molecule has 10 heteroatoms. The highest BCUT2D eigenvalue weighted by molar-refractivity contribution is 5.98. The zero-order valence-corrected chi connectivity index (χ0v) is 24.1. The molecule has 3 aromatic rings. The third-order valence-corrected chi connectivity index (χ3v) is 7.20. The highest BCUT2D eigenvalue weighted by atomic mass is 19.1. The van der Waals surface area contributed by atoms with Crippen molar-refractivity contribution < 1.29 is 37.7 Å². The van der Waals surface area contributed by atoms with Gasteiger partial charge in [0.05, 0.1) is 7.11 Å². The molecule has 4 rings (SSSR count). The van der Waals surface area contributed by atoms with Crippen molar-refractivity contribution in [2.45, 2.75) is 64.7 Å². The van der Waals surface area contributed by atoms with Crippen molar-refractivity contribution in [3.63, 3.8) is 0 Å². The van der Waals surface area contributed by atoms with Crippen LogP contribution in [0.1, 0.15) is 54.7 Å². The van der Waals surface area contributed by atoms with Crippen LogP contribution < -0.4 is 19.5 Å². The average molecular weight is 579 g/mol. The predicted octanol–water partition coefficient (Wildman–Crippen LogP) is 4.98. The first-order chi connectivity index (χ1) is 20.1. The SMILES string of the molecule is COc1ccnc(C(=O)NC2CCCC(Oc3ccc(C)cc3)C(Cc3ccc(F)cc3)C(C)OC2=O)c1OC(C)=O. The Labute approximate surface area is 244 Å². The number of carbonyl (C=O) groups excluding carboxylic acids is 3. The molecule has 0 bridgehead atoms. The van der Waals surface area contributed by atoms with Gasteiger partial charge in [-0.1, -0.05) is 29.8 Å². The molecule has 0 saturated carbocycles. The Morgan fingerprint density at radius 1 is 1.07 bits per heavy atom. The van der Waals surface area contributed by atoms with Crippen molar-refractivity contribution in [2.24, 2.45) is 5.92 Å². The summed E-state index contributed by atoms with van der Waals surface area (Å²) in [5.74, 6) is -1.86. The number of aromatic nitrogens is 1. The van der Waals surface area contributed by atoms with Crippen molar-refractivity contribution in [1.29, 1.82) is 0 Å². The number of carbonyl (C=O) groups is 3. The van der Waals surface area contributed by atoms with Crippen molar-refractivity contribution >= 4 is 17.8 Å². The lowest BCUT2D eigenvalue weighted by Gasteiger charge is -2.31. The third-order valence-electron chi connectivity index (χ3n) is 7.20. The zero-order valence-electron chi connectivity index (χ0n) is 24.1. The first kappa shape index (κ1) is 30.5. The number of halogens is 1. The van der Waals surface area contributed by atoms with Crippen LogP contribution in [0.2, 0.25) is 0 Å². The maximum atomic E-state index is 13.6. The number of aryl methyl sites for hydroxylation is 1. The smallest absolute Gasteiger partial charge is 0.328 e. The Morgan fingerprint density at radius 3 is 2.45 bits per heavy atom. The Morgan fingerprint density at radius 2 is 1.79 bits per heavy atom. The van der Waals surface area contributed by atoms with E-state index in [1.165, 1.54) is 38.4 Å².